The van der Waals surface area contributed by atoms with Crippen molar-refractivity contribution in [1.82, 2.24) is 20.2 Å². The van der Waals surface area contributed by atoms with Gasteiger partial charge in [0.2, 0.25) is 5.95 Å². The van der Waals surface area contributed by atoms with E-state index in [2.05, 4.69) is 27.8 Å². The van der Waals surface area contributed by atoms with Gasteiger partial charge >= 0.3 is 0 Å². The van der Waals surface area contributed by atoms with Gasteiger partial charge in [0.05, 0.1) is 11.6 Å². The Labute approximate surface area is 139 Å². The normalized spacial score (nSPS) is 10.9. The summed E-state index contributed by atoms with van der Waals surface area (Å²) in [4.78, 5) is 0. The maximum Gasteiger partial charge on any atom is 0.243 e. The second-order valence-corrected chi connectivity index (χ2v) is 5.59. The van der Waals surface area contributed by atoms with E-state index in [1.165, 1.54) is 0 Å². The number of benzene rings is 1. The van der Waals surface area contributed by atoms with E-state index in [0.717, 1.165) is 36.5 Å². The maximum atomic E-state index is 6.19. The molecule has 0 aliphatic rings. The van der Waals surface area contributed by atoms with E-state index in [4.69, 9.17) is 16.0 Å². The highest BCUT2D eigenvalue weighted by molar-refractivity contribution is 6.33. The molecule has 2 heterocycles. The first-order valence-electron chi connectivity index (χ1n) is 7.61. The van der Waals surface area contributed by atoms with Crippen LogP contribution < -0.4 is 5.32 Å². The van der Waals surface area contributed by atoms with E-state index in [9.17, 15) is 0 Å². The zero-order valence-corrected chi connectivity index (χ0v) is 13.6. The van der Waals surface area contributed by atoms with E-state index >= 15 is 0 Å². The number of hydrogen-bond acceptors (Lipinski definition) is 5. The Balaban J connectivity index is 1.66. The molecule has 0 saturated heterocycles. The number of tetrazole rings is 1. The Morgan fingerprint density at radius 3 is 2.91 bits per heavy atom. The number of furan rings is 1. The summed E-state index contributed by atoms with van der Waals surface area (Å²) < 4.78 is 7.61. The molecule has 1 aromatic carbocycles. The van der Waals surface area contributed by atoms with Crippen LogP contribution in [0.2, 0.25) is 5.02 Å². The van der Waals surface area contributed by atoms with Crippen molar-refractivity contribution in [2.75, 3.05) is 5.32 Å². The van der Waals surface area contributed by atoms with Crippen molar-refractivity contribution in [3.8, 4) is 11.3 Å². The molecule has 3 rings (SSSR count). The molecule has 0 radical (unpaired) electrons. The van der Waals surface area contributed by atoms with Gasteiger partial charge in [-0.25, -0.2) is 4.68 Å². The number of anilines is 1. The molecular weight excluding hydrogens is 314 g/mol. The zero-order valence-electron chi connectivity index (χ0n) is 12.9. The van der Waals surface area contributed by atoms with Gasteiger partial charge in [0.1, 0.15) is 11.5 Å². The van der Waals surface area contributed by atoms with Crippen LogP contribution in [0.25, 0.3) is 11.3 Å². The first-order valence-corrected chi connectivity index (χ1v) is 7.99. The molecule has 0 aliphatic carbocycles. The fraction of sp³-hybridized carbons (Fsp3) is 0.312. The smallest absolute Gasteiger partial charge is 0.243 e. The fourth-order valence-electron chi connectivity index (χ4n) is 2.23. The predicted octanol–water partition coefficient (Wildman–Crippen LogP) is 4.00. The molecule has 0 aliphatic heterocycles. The second-order valence-electron chi connectivity index (χ2n) is 5.18. The van der Waals surface area contributed by atoms with Gasteiger partial charge in [-0.3, -0.25) is 0 Å². The third-order valence-corrected chi connectivity index (χ3v) is 3.81. The SMILES string of the molecule is CCCCn1nnnc1NCc1ccc(-c2ccccc2Cl)o1. The van der Waals surface area contributed by atoms with Crippen molar-refractivity contribution in [2.24, 2.45) is 0 Å². The Morgan fingerprint density at radius 2 is 2.09 bits per heavy atom. The van der Waals surface area contributed by atoms with Crippen LogP contribution in [0.15, 0.2) is 40.8 Å². The number of hydrogen-bond donors (Lipinski definition) is 1. The van der Waals surface area contributed by atoms with Crippen LogP contribution in [-0.2, 0) is 13.1 Å². The lowest BCUT2D eigenvalue weighted by Crippen LogP contribution is -2.08. The van der Waals surface area contributed by atoms with Crippen LogP contribution in [0.5, 0.6) is 0 Å². The summed E-state index contributed by atoms with van der Waals surface area (Å²) in [6, 6.07) is 11.4. The Hall–Kier alpha value is -2.34. The van der Waals surface area contributed by atoms with Gasteiger partial charge in [-0.05, 0) is 41.1 Å². The highest BCUT2D eigenvalue weighted by Crippen LogP contribution is 2.29. The number of aromatic nitrogens is 4. The van der Waals surface area contributed by atoms with Crippen LogP contribution >= 0.6 is 11.6 Å². The van der Waals surface area contributed by atoms with E-state index < -0.39 is 0 Å². The molecule has 23 heavy (non-hydrogen) atoms. The highest BCUT2D eigenvalue weighted by Gasteiger charge is 2.10. The third kappa shape index (κ3) is 3.71. The van der Waals surface area contributed by atoms with E-state index in [-0.39, 0.29) is 0 Å². The van der Waals surface area contributed by atoms with E-state index in [1.807, 2.05) is 36.4 Å². The molecule has 0 unspecified atom stereocenters. The van der Waals surface area contributed by atoms with Crippen molar-refractivity contribution in [3.63, 3.8) is 0 Å². The van der Waals surface area contributed by atoms with Gasteiger partial charge in [-0.15, -0.1) is 0 Å². The molecule has 120 valence electrons. The quantitative estimate of drug-likeness (QED) is 0.708. The predicted molar refractivity (Wildman–Crippen MR) is 89.2 cm³/mol. The average Bonchev–Trinajstić information content (AvgIpc) is 3.20. The summed E-state index contributed by atoms with van der Waals surface area (Å²) in [6.07, 6.45) is 2.13. The van der Waals surface area contributed by atoms with Crippen LogP contribution in [0.1, 0.15) is 25.5 Å². The lowest BCUT2D eigenvalue weighted by molar-refractivity contribution is 0.526. The largest absolute Gasteiger partial charge is 0.459 e. The lowest BCUT2D eigenvalue weighted by Gasteiger charge is -2.05. The zero-order chi connectivity index (χ0) is 16.1. The molecule has 7 heteroatoms. The third-order valence-electron chi connectivity index (χ3n) is 3.48. The maximum absolute atomic E-state index is 6.19. The van der Waals surface area contributed by atoms with Crippen molar-refractivity contribution in [3.05, 3.63) is 47.2 Å². The van der Waals surface area contributed by atoms with Crippen LogP contribution in [0.3, 0.4) is 0 Å². The van der Waals surface area contributed by atoms with Crippen molar-refractivity contribution in [2.45, 2.75) is 32.9 Å². The van der Waals surface area contributed by atoms with Gasteiger partial charge in [-0.2, -0.15) is 0 Å². The number of nitrogens with zero attached hydrogens (tertiary/aromatic N) is 4. The number of rotatable bonds is 7. The first kappa shape index (κ1) is 15.6. The molecule has 0 saturated carbocycles. The fourth-order valence-corrected chi connectivity index (χ4v) is 2.46. The minimum Gasteiger partial charge on any atom is -0.459 e. The summed E-state index contributed by atoms with van der Waals surface area (Å²) in [6.45, 7) is 3.45. The summed E-state index contributed by atoms with van der Waals surface area (Å²) in [5.74, 6) is 2.19. The van der Waals surface area contributed by atoms with Crippen molar-refractivity contribution < 1.29 is 4.42 Å². The second kappa shape index (κ2) is 7.28. The van der Waals surface area contributed by atoms with Gasteiger partial charge in [0.15, 0.2) is 0 Å². The number of halogens is 1. The minimum atomic E-state index is 0.511. The Morgan fingerprint density at radius 1 is 1.22 bits per heavy atom. The Kier molecular flexibility index (Phi) is 4.92. The first-order chi connectivity index (χ1) is 11.3. The number of aryl methyl sites for hydroxylation is 1. The monoisotopic (exact) mass is 331 g/mol. The molecule has 6 nitrogen and oxygen atoms in total. The Bertz CT molecular complexity index is 767. The average molecular weight is 332 g/mol. The minimum absolute atomic E-state index is 0.511. The molecule has 2 aromatic heterocycles. The summed E-state index contributed by atoms with van der Waals surface area (Å²) in [5.41, 5.74) is 0.883. The van der Waals surface area contributed by atoms with Gasteiger partial charge in [0, 0.05) is 12.1 Å². The molecule has 0 spiro atoms. The molecule has 0 amide bonds. The molecule has 0 fully saturated rings. The van der Waals surface area contributed by atoms with Crippen molar-refractivity contribution in [1.29, 1.82) is 0 Å². The summed E-state index contributed by atoms with van der Waals surface area (Å²) in [5, 5.41) is 15.5. The topological polar surface area (TPSA) is 68.8 Å². The van der Waals surface area contributed by atoms with Gasteiger partial charge < -0.3 is 9.73 Å². The van der Waals surface area contributed by atoms with Gasteiger partial charge in [-0.1, -0.05) is 42.2 Å². The lowest BCUT2D eigenvalue weighted by atomic mass is 10.2. The van der Waals surface area contributed by atoms with E-state index in [1.54, 1.807) is 4.68 Å². The molecule has 3 aromatic rings. The number of nitrogens with one attached hydrogen (secondary N) is 1. The van der Waals surface area contributed by atoms with E-state index in [0.29, 0.717) is 17.5 Å². The molecule has 0 atom stereocenters. The van der Waals surface area contributed by atoms with Crippen LogP contribution in [0, 0.1) is 0 Å². The number of unbranched alkanes of at least 4 members (excludes halogenated alkanes) is 1. The summed E-state index contributed by atoms with van der Waals surface area (Å²) in [7, 11) is 0. The van der Waals surface area contributed by atoms with Crippen LogP contribution in [0.4, 0.5) is 5.95 Å². The highest BCUT2D eigenvalue weighted by atomic mass is 35.5. The molecule has 1 N–H and O–H groups in total. The standard InChI is InChI=1S/C16H18ClN5O/c1-2-3-10-22-16(19-20-21-22)18-11-12-8-9-15(23-12)13-6-4-5-7-14(13)17/h4-9H,2-3,10-11H2,1H3,(H,18,19,21). The summed E-state index contributed by atoms with van der Waals surface area (Å²) >= 11 is 6.19. The molecular formula is C16H18ClN5O. The van der Waals surface area contributed by atoms with Gasteiger partial charge in [0.25, 0.3) is 0 Å². The van der Waals surface area contributed by atoms with Crippen LogP contribution in [-0.4, -0.2) is 20.2 Å². The van der Waals surface area contributed by atoms with Crippen molar-refractivity contribution >= 4 is 17.5 Å². The molecule has 0 bridgehead atoms.